The Morgan fingerprint density at radius 1 is 0.451 bits per heavy atom. The Labute approximate surface area is 468 Å². The third-order valence-electron chi connectivity index (χ3n) is 12.7. The Kier molecular flexibility index (Phi) is 30.5. The van der Waals surface area contributed by atoms with Gasteiger partial charge in [-0.25, -0.2) is 9.59 Å². The summed E-state index contributed by atoms with van der Waals surface area (Å²) < 4.78 is 0. The lowest BCUT2D eigenvalue weighted by atomic mass is 10.1. The maximum Gasteiger partial charge on any atom is 0.326 e. The fourth-order valence-electron chi connectivity index (χ4n) is 8.44. The van der Waals surface area contributed by atoms with Crippen molar-refractivity contribution in [1.82, 2.24) is 52.3 Å². The second kappa shape index (κ2) is 35.9. The SMILES string of the molecule is NCCCC[C@H](NC(=O)CN(CCCCN(CC(=O)N[C@@H](CCCCN)C(=O)O)C(=O)[C@H](CC(=O)O)NC(=O)[C@H](CCC(=O)O)NC(=O)[C@@H]1CCC(=O)N1)C(=O)[C@H](CC(=O)O)NC(=O)[C@H](CCC(=O)O)NC(=O)[C@@H]1CCC(=O)N1)C(=O)O. The molecule has 458 valence electrons. The number of rotatable bonds is 41. The monoisotopic (exact) mass is 1170 g/mol. The minimum absolute atomic E-state index is 0.00579. The van der Waals surface area contributed by atoms with E-state index in [1.54, 1.807) is 0 Å². The molecule has 0 aromatic carbocycles. The number of aliphatic carboxylic acids is 6. The Bertz CT molecular complexity index is 2200. The minimum atomic E-state index is -2.09. The van der Waals surface area contributed by atoms with Gasteiger partial charge in [-0.3, -0.25) is 67.1 Å². The van der Waals surface area contributed by atoms with Gasteiger partial charge < -0.3 is 94.4 Å². The number of carbonyl (C=O) groups excluding carboxylic acids is 10. The van der Waals surface area contributed by atoms with Crippen molar-refractivity contribution in [3.63, 3.8) is 0 Å². The lowest BCUT2D eigenvalue weighted by molar-refractivity contribution is -0.146. The van der Waals surface area contributed by atoms with E-state index < -0.39 is 208 Å². The number of nitrogens with two attached hydrogens (primary N) is 2. The molecule has 0 bridgehead atoms. The van der Waals surface area contributed by atoms with Crippen LogP contribution in [-0.4, -0.2) is 223 Å². The van der Waals surface area contributed by atoms with Crippen LogP contribution < -0.4 is 54.0 Å². The molecule has 82 heavy (non-hydrogen) atoms. The minimum Gasteiger partial charge on any atom is -0.481 e. The Balaban J connectivity index is 2.61. The van der Waals surface area contributed by atoms with Crippen LogP contribution in [0.5, 0.6) is 0 Å². The maximum atomic E-state index is 14.4. The molecule has 8 atom stereocenters. The van der Waals surface area contributed by atoms with Crippen LogP contribution in [0.1, 0.15) is 116 Å². The number of nitrogens with zero attached hydrogens (tertiary/aromatic N) is 2. The number of unbranched alkanes of at least 4 members (excludes halogenated alkanes) is 3. The van der Waals surface area contributed by atoms with Crippen LogP contribution in [0.2, 0.25) is 0 Å². The zero-order valence-corrected chi connectivity index (χ0v) is 44.9. The van der Waals surface area contributed by atoms with E-state index in [-0.39, 0.29) is 77.3 Å². The van der Waals surface area contributed by atoms with Crippen molar-refractivity contribution in [2.75, 3.05) is 39.3 Å². The topological polar surface area (TPSA) is 549 Å². The fourth-order valence-corrected chi connectivity index (χ4v) is 8.44. The molecular weight excluding hydrogens is 1100 g/mol. The zero-order valence-electron chi connectivity index (χ0n) is 44.9. The first kappa shape index (κ1) is 69.5. The van der Waals surface area contributed by atoms with Gasteiger partial charge in [-0.2, -0.15) is 0 Å². The third kappa shape index (κ3) is 26.1. The van der Waals surface area contributed by atoms with Gasteiger partial charge in [-0.05, 0) is 90.1 Å². The molecule has 2 heterocycles. The first-order chi connectivity index (χ1) is 38.6. The number of carboxylic acids is 6. The van der Waals surface area contributed by atoms with Crippen molar-refractivity contribution >= 4 is 94.9 Å². The molecule has 18 N–H and O–H groups in total. The second-order valence-electron chi connectivity index (χ2n) is 19.3. The summed E-state index contributed by atoms with van der Waals surface area (Å²) in [5, 5.41) is 76.3. The average Bonchev–Trinajstić information content (AvgIpc) is 4.05. The third-order valence-corrected chi connectivity index (χ3v) is 12.7. The van der Waals surface area contributed by atoms with E-state index in [0.717, 1.165) is 0 Å². The maximum absolute atomic E-state index is 14.4. The standard InChI is InChI=1S/C48H74N12O22/c49-17-3-1-7-29(47(79)80)53-35(63)23-59(45(77)31(21-39(69)70)57-43(75)27(11-15-37(65)66)55-41(73)25-9-13-33(61)51-25)19-5-6-20-60(24-36(64)54-30(48(81)82)8-2-4-18-50)46(78)32(22-40(71)72)58-44(76)28(12-16-38(67)68)56-42(74)26-10-14-34(62)52-26/h25-32H,1-24,49-50H2,(H,51,61)(H,52,62)(H,53,63)(H,54,64)(H,55,73)(H,56,74)(H,57,75)(H,58,76)(H,65,66)(H,67,68)(H,69,70)(H,71,72)(H,79,80)(H,81,82)/t25-,26-,27-,28-,29-,30-,31-,32-/m0/s1. The summed E-state index contributed by atoms with van der Waals surface area (Å²) in [4.78, 5) is 206. The molecule has 2 aliphatic rings. The average molecular weight is 1170 g/mol. The van der Waals surface area contributed by atoms with Crippen LogP contribution >= 0.6 is 0 Å². The van der Waals surface area contributed by atoms with Crippen LogP contribution in [0.25, 0.3) is 0 Å². The zero-order chi connectivity index (χ0) is 61.6. The van der Waals surface area contributed by atoms with Gasteiger partial charge in [0.15, 0.2) is 0 Å². The van der Waals surface area contributed by atoms with Crippen molar-refractivity contribution in [2.24, 2.45) is 11.5 Å². The van der Waals surface area contributed by atoms with Gasteiger partial charge in [-0.1, -0.05) is 0 Å². The van der Waals surface area contributed by atoms with Gasteiger partial charge in [0.05, 0.1) is 25.9 Å². The summed E-state index contributed by atoms with van der Waals surface area (Å²) in [5.41, 5.74) is 11.0. The Morgan fingerprint density at radius 2 is 0.805 bits per heavy atom. The number of hydrogen-bond donors (Lipinski definition) is 16. The number of carbonyl (C=O) groups is 16. The molecule has 2 saturated heterocycles. The van der Waals surface area contributed by atoms with Gasteiger partial charge in [-0.15, -0.1) is 0 Å². The van der Waals surface area contributed by atoms with Crippen LogP contribution in [0.4, 0.5) is 0 Å². The smallest absolute Gasteiger partial charge is 0.326 e. The molecule has 0 spiro atoms. The number of hydrogen-bond acceptors (Lipinski definition) is 18. The van der Waals surface area contributed by atoms with Gasteiger partial charge in [0.25, 0.3) is 0 Å². The van der Waals surface area contributed by atoms with Crippen LogP contribution in [0.3, 0.4) is 0 Å². The molecule has 2 rings (SSSR count). The molecule has 34 heteroatoms. The molecule has 34 nitrogen and oxygen atoms in total. The summed E-state index contributed by atoms with van der Waals surface area (Å²) in [6, 6.07) is -13.0. The molecular formula is C48H74N12O22. The normalized spacial score (nSPS) is 16.7. The predicted molar refractivity (Wildman–Crippen MR) is 276 cm³/mol. The molecule has 0 radical (unpaired) electrons. The highest BCUT2D eigenvalue weighted by Crippen LogP contribution is 2.14. The summed E-state index contributed by atoms with van der Waals surface area (Å²) in [6.07, 6.45) is -4.92. The number of nitrogens with one attached hydrogen (secondary N) is 8. The molecule has 2 aliphatic heterocycles. The van der Waals surface area contributed by atoms with Crippen molar-refractivity contribution in [3.05, 3.63) is 0 Å². The highest BCUT2D eigenvalue weighted by molar-refractivity contribution is 5.99. The van der Waals surface area contributed by atoms with E-state index in [0.29, 0.717) is 22.6 Å². The molecule has 2 fully saturated rings. The van der Waals surface area contributed by atoms with E-state index >= 15 is 0 Å². The van der Waals surface area contributed by atoms with Crippen LogP contribution in [0, 0.1) is 0 Å². The van der Waals surface area contributed by atoms with Crippen molar-refractivity contribution in [2.45, 2.75) is 164 Å². The summed E-state index contributed by atoms with van der Waals surface area (Å²) >= 11 is 0. The molecule has 0 aromatic rings. The summed E-state index contributed by atoms with van der Waals surface area (Å²) in [5.74, 6) is -19.4. The highest BCUT2D eigenvalue weighted by Gasteiger charge is 2.38. The molecule has 0 aromatic heterocycles. The van der Waals surface area contributed by atoms with E-state index in [1.165, 1.54) is 0 Å². The molecule has 0 aliphatic carbocycles. The van der Waals surface area contributed by atoms with E-state index in [4.69, 9.17) is 11.5 Å². The predicted octanol–water partition coefficient (Wildman–Crippen LogP) is -6.00. The Morgan fingerprint density at radius 3 is 1.09 bits per heavy atom. The fraction of sp³-hybridized carbons (Fsp3) is 0.667. The lowest BCUT2D eigenvalue weighted by Gasteiger charge is -2.30. The summed E-state index contributed by atoms with van der Waals surface area (Å²) in [7, 11) is 0. The first-order valence-corrected chi connectivity index (χ1v) is 26.3. The quantitative estimate of drug-likeness (QED) is 0.0253. The first-order valence-electron chi connectivity index (χ1n) is 26.3. The van der Waals surface area contributed by atoms with E-state index in [1.807, 2.05) is 0 Å². The number of amides is 10. The van der Waals surface area contributed by atoms with Crippen molar-refractivity contribution < 1.29 is 107 Å². The van der Waals surface area contributed by atoms with E-state index in [9.17, 15) is 107 Å². The number of carboxylic acid groups (broad SMARTS) is 6. The van der Waals surface area contributed by atoms with Crippen LogP contribution in [0.15, 0.2) is 0 Å². The van der Waals surface area contributed by atoms with Crippen LogP contribution in [-0.2, 0) is 76.7 Å². The van der Waals surface area contributed by atoms with Gasteiger partial charge in [0.1, 0.15) is 48.3 Å². The highest BCUT2D eigenvalue weighted by atomic mass is 16.4. The second-order valence-corrected chi connectivity index (χ2v) is 19.3. The van der Waals surface area contributed by atoms with Gasteiger partial charge >= 0.3 is 35.8 Å². The molecule has 10 amide bonds. The largest absolute Gasteiger partial charge is 0.481 e. The Hall–Kier alpha value is -8.56. The van der Waals surface area contributed by atoms with Gasteiger partial charge in [0, 0.05) is 38.8 Å². The summed E-state index contributed by atoms with van der Waals surface area (Å²) in [6.45, 7) is -2.93. The van der Waals surface area contributed by atoms with Crippen molar-refractivity contribution in [3.8, 4) is 0 Å². The lowest BCUT2D eigenvalue weighted by Crippen LogP contribution is -2.58. The van der Waals surface area contributed by atoms with Gasteiger partial charge in [0.2, 0.25) is 59.1 Å². The molecule has 0 unspecified atom stereocenters. The van der Waals surface area contributed by atoms with E-state index in [2.05, 4.69) is 42.5 Å². The van der Waals surface area contributed by atoms with Crippen molar-refractivity contribution in [1.29, 1.82) is 0 Å². The molecule has 0 saturated carbocycles.